The Bertz CT molecular complexity index is 421. The summed E-state index contributed by atoms with van der Waals surface area (Å²) in [5.41, 5.74) is 6.99. The summed E-state index contributed by atoms with van der Waals surface area (Å²) in [4.78, 5) is 10.9. The van der Waals surface area contributed by atoms with Crippen LogP contribution < -0.4 is 15.8 Å². The predicted molar refractivity (Wildman–Crippen MR) is 76.1 cm³/mol. The van der Waals surface area contributed by atoms with E-state index in [1.807, 2.05) is 6.92 Å². The van der Waals surface area contributed by atoms with Crippen LogP contribution in [0.25, 0.3) is 0 Å². The highest BCUT2D eigenvalue weighted by Crippen LogP contribution is 2.26. The van der Waals surface area contributed by atoms with Gasteiger partial charge in [-0.3, -0.25) is 4.79 Å². The zero-order valence-corrected chi connectivity index (χ0v) is 11.7. The molecule has 0 spiro atoms. The van der Waals surface area contributed by atoms with Gasteiger partial charge in [0.1, 0.15) is 5.75 Å². The molecule has 3 N–H and O–H groups in total. The fourth-order valence-electron chi connectivity index (χ4n) is 1.54. The van der Waals surface area contributed by atoms with Crippen molar-refractivity contribution < 1.29 is 14.3 Å². The van der Waals surface area contributed by atoms with Crippen molar-refractivity contribution in [3.05, 3.63) is 18.2 Å². The van der Waals surface area contributed by atoms with Gasteiger partial charge in [0, 0.05) is 12.6 Å². The van der Waals surface area contributed by atoms with Crippen LogP contribution in [0.5, 0.6) is 5.75 Å². The monoisotopic (exact) mass is 266 g/mol. The van der Waals surface area contributed by atoms with Crippen molar-refractivity contribution in [2.45, 2.75) is 39.9 Å². The molecule has 5 heteroatoms. The van der Waals surface area contributed by atoms with Gasteiger partial charge in [0.25, 0.3) is 0 Å². The van der Waals surface area contributed by atoms with Gasteiger partial charge in [-0.1, -0.05) is 13.3 Å². The van der Waals surface area contributed by atoms with E-state index >= 15 is 0 Å². The quantitative estimate of drug-likeness (QED) is 0.452. The Labute approximate surface area is 114 Å². The number of nitrogens with one attached hydrogen (secondary N) is 1. The van der Waals surface area contributed by atoms with E-state index in [1.54, 1.807) is 18.2 Å². The van der Waals surface area contributed by atoms with E-state index in [2.05, 4.69) is 12.2 Å². The molecule has 1 unspecified atom stereocenters. The minimum Gasteiger partial charge on any atom is -0.463 e. The largest absolute Gasteiger partial charge is 0.463 e. The Morgan fingerprint density at radius 1 is 1.47 bits per heavy atom. The molecule has 0 saturated heterocycles. The van der Waals surface area contributed by atoms with E-state index in [0.717, 1.165) is 12.8 Å². The van der Waals surface area contributed by atoms with Crippen LogP contribution in [-0.2, 0) is 9.53 Å². The lowest BCUT2D eigenvalue weighted by molar-refractivity contribution is -0.114. The van der Waals surface area contributed by atoms with Gasteiger partial charge in [-0.2, -0.15) is 0 Å². The topological polar surface area (TPSA) is 73.6 Å². The highest BCUT2D eigenvalue weighted by atomic mass is 16.7. The average Bonchev–Trinajstić information content (AvgIpc) is 2.32. The summed E-state index contributed by atoms with van der Waals surface area (Å²) in [5.74, 6) is 0.419. The smallest absolute Gasteiger partial charge is 0.221 e. The number of nitrogens with two attached hydrogens (primary N) is 1. The van der Waals surface area contributed by atoms with Gasteiger partial charge in [0.15, 0.2) is 6.29 Å². The van der Waals surface area contributed by atoms with Crippen LogP contribution in [0.3, 0.4) is 0 Å². The number of anilines is 2. The van der Waals surface area contributed by atoms with E-state index in [1.165, 1.54) is 6.92 Å². The third-order valence-corrected chi connectivity index (χ3v) is 2.47. The molecule has 0 heterocycles. The summed E-state index contributed by atoms with van der Waals surface area (Å²) in [6, 6.07) is 5.13. The molecule has 0 bridgehead atoms. The molecule has 0 fully saturated rings. The highest BCUT2D eigenvalue weighted by Gasteiger charge is 2.08. The number of nitrogen functional groups attached to an aromatic ring is 1. The van der Waals surface area contributed by atoms with Crippen LogP contribution in [0.15, 0.2) is 18.2 Å². The lowest BCUT2D eigenvalue weighted by Crippen LogP contribution is -2.17. The van der Waals surface area contributed by atoms with Crippen molar-refractivity contribution >= 4 is 17.3 Å². The second-order valence-corrected chi connectivity index (χ2v) is 4.34. The van der Waals surface area contributed by atoms with Crippen molar-refractivity contribution in [2.75, 3.05) is 17.7 Å². The molecule has 1 amide bonds. The van der Waals surface area contributed by atoms with Gasteiger partial charge in [-0.15, -0.1) is 0 Å². The van der Waals surface area contributed by atoms with Crippen LogP contribution in [-0.4, -0.2) is 18.8 Å². The Kier molecular flexibility index (Phi) is 6.15. The normalized spacial score (nSPS) is 11.9. The van der Waals surface area contributed by atoms with Crippen LogP contribution in [0, 0.1) is 0 Å². The fourth-order valence-corrected chi connectivity index (χ4v) is 1.54. The number of hydrogen-bond acceptors (Lipinski definition) is 4. The van der Waals surface area contributed by atoms with Crippen molar-refractivity contribution in [2.24, 2.45) is 0 Å². The summed E-state index contributed by atoms with van der Waals surface area (Å²) in [7, 11) is 0. The maximum absolute atomic E-state index is 10.9. The third-order valence-electron chi connectivity index (χ3n) is 2.47. The van der Waals surface area contributed by atoms with Crippen molar-refractivity contribution in [1.29, 1.82) is 0 Å². The van der Waals surface area contributed by atoms with Crippen LogP contribution in [0.1, 0.15) is 33.6 Å². The summed E-state index contributed by atoms with van der Waals surface area (Å²) in [6.07, 6.45) is 1.74. The summed E-state index contributed by atoms with van der Waals surface area (Å²) >= 11 is 0. The first kappa shape index (κ1) is 15.3. The Morgan fingerprint density at radius 3 is 2.79 bits per heavy atom. The Morgan fingerprint density at radius 2 is 2.21 bits per heavy atom. The number of hydrogen-bond donors (Lipinski definition) is 2. The summed E-state index contributed by atoms with van der Waals surface area (Å²) in [6.45, 7) is 6.05. The molecule has 0 saturated carbocycles. The van der Waals surface area contributed by atoms with E-state index in [0.29, 0.717) is 23.7 Å². The molecular weight excluding hydrogens is 244 g/mol. The molecule has 1 atom stereocenters. The van der Waals surface area contributed by atoms with Crippen LogP contribution in [0.4, 0.5) is 11.4 Å². The standard InChI is InChI=1S/C14H22N2O3/c1-4-5-8-18-11(3)19-14-7-6-12(9-13(14)15)16-10(2)17/h6-7,9,11H,4-5,8,15H2,1-3H3,(H,16,17). The minimum atomic E-state index is -0.347. The molecular formula is C14H22N2O3. The van der Waals surface area contributed by atoms with E-state index in [-0.39, 0.29) is 12.2 Å². The van der Waals surface area contributed by atoms with E-state index in [9.17, 15) is 4.79 Å². The lowest BCUT2D eigenvalue weighted by atomic mass is 10.2. The Balaban J connectivity index is 2.56. The lowest BCUT2D eigenvalue weighted by Gasteiger charge is -2.17. The van der Waals surface area contributed by atoms with Crippen molar-refractivity contribution in [3.63, 3.8) is 0 Å². The number of amides is 1. The maximum Gasteiger partial charge on any atom is 0.221 e. The van der Waals surface area contributed by atoms with E-state index in [4.69, 9.17) is 15.2 Å². The zero-order valence-electron chi connectivity index (χ0n) is 11.7. The first-order valence-corrected chi connectivity index (χ1v) is 6.48. The SMILES string of the molecule is CCCCOC(C)Oc1ccc(NC(C)=O)cc1N. The first-order chi connectivity index (χ1) is 9.02. The first-order valence-electron chi connectivity index (χ1n) is 6.48. The molecule has 19 heavy (non-hydrogen) atoms. The summed E-state index contributed by atoms with van der Waals surface area (Å²) < 4.78 is 11.1. The zero-order chi connectivity index (χ0) is 14.3. The number of rotatable bonds is 7. The molecule has 106 valence electrons. The Hall–Kier alpha value is -1.75. The highest BCUT2D eigenvalue weighted by molar-refractivity contribution is 5.89. The van der Waals surface area contributed by atoms with Gasteiger partial charge >= 0.3 is 0 Å². The van der Waals surface area contributed by atoms with Gasteiger partial charge in [0.2, 0.25) is 5.91 Å². The third kappa shape index (κ3) is 5.61. The maximum atomic E-state index is 10.9. The number of ether oxygens (including phenoxy) is 2. The van der Waals surface area contributed by atoms with Crippen LogP contribution >= 0.6 is 0 Å². The van der Waals surface area contributed by atoms with Gasteiger partial charge in [-0.05, 0) is 31.5 Å². The summed E-state index contributed by atoms with van der Waals surface area (Å²) in [5, 5.41) is 2.66. The molecule has 0 aromatic heterocycles. The van der Waals surface area contributed by atoms with Crippen molar-refractivity contribution in [1.82, 2.24) is 0 Å². The van der Waals surface area contributed by atoms with Gasteiger partial charge < -0.3 is 20.5 Å². The number of unbranched alkanes of at least 4 members (excludes halogenated alkanes) is 1. The minimum absolute atomic E-state index is 0.135. The second-order valence-electron chi connectivity index (χ2n) is 4.34. The molecule has 0 aliphatic rings. The molecule has 1 rings (SSSR count). The number of benzene rings is 1. The van der Waals surface area contributed by atoms with Crippen LogP contribution in [0.2, 0.25) is 0 Å². The average molecular weight is 266 g/mol. The molecule has 1 aromatic rings. The number of carbonyl (C=O) groups excluding carboxylic acids is 1. The molecule has 0 aliphatic carbocycles. The van der Waals surface area contributed by atoms with Gasteiger partial charge in [0.05, 0.1) is 12.3 Å². The molecule has 0 aliphatic heterocycles. The molecule has 0 radical (unpaired) electrons. The van der Waals surface area contributed by atoms with E-state index < -0.39 is 0 Å². The van der Waals surface area contributed by atoms with Gasteiger partial charge in [-0.25, -0.2) is 0 Å². The van der Waals surface area contributed by atoms with Crippen molar-refractivity contribution in [3.8, 4) is 5.75 Å². The predicted octanol–water partition coefficient (Wildman–Crippen LogP) is 2.77. The molecule has 1 aromatic carbocycles. The fraction of sp³-hybridized carbons (Fsp3) is 0.500. The second kappa shape index (κ2) is 7.63. The molecule has 5 nitrogen and oxygen atoms in total. The number of carbonyl (C=O) groups is 1.